The summed E-state index contributed by atoms with van der Waals surface area (Å²) in [6.45, 7) is 0.546. The summed E-state index contributed by atoms with van der Waals surface area (Å²) >= 11 is 0. The van der Waals surface area contributed by atoms with Crippen molar-refractivity contribution in [3.63, 3.8) is 0 Å². The van der Waals surface area contributed by atoms with Crippen molar-refractivity contribution in [2.45, 2.75) is 12.5 Å². The predicted octanol–water partition coefficient (Wildman–Crippen LogP) is -0.733. The van der Waals surface area contributed by atoms with Crippen LogP contribution in [0.5, 0.6) is 0 Å². The van der Waals surface area contributed by atoms with Gasteiger partial charge in [0, 0.05) is 6.54 Å². The average Bonchev–Trinajstić information content (AvgIpc) is 3.20. The molecule has 0 bridgehead atoms. The Morgan fingerprint density at radius 2 is 1.91 bits per heavy atom. The first kappa shape index (κ1) is 13.0. The highest BCUT2D eigenvalue weighted by Crippen LogP contribution is 2.22. The number of benzene rings is 1. The zero-order valence-corrected chi connectivity index (χ0v) is 11.6. The van der Waals surface area contributed by atoms with Crippen LogP contribution in [0.2, 0.25) is 0 Å². The molecule has 1 N–H and O–H groups in total. The number of nitrogens with zero attached hydrogens (tertiary/aromatic N) is 4. The summed E-state index contributed by atoms with van der Waals surface area (Å²) in [5.74, 6) is -0.766. The fourth-order valence-electron chi connectivity index (χ4n) is 2.56. The summed E-state index contributed by atoms with van der Waals surface area (Å²) in [6, 6.07) is 6.65. The highest BCUT2D eigenvalue weighted by molar-refractivity contribution is 6.21. The molecule has 1 unspecified atom stereocenters. The van der Waals surface area contributed by atoms with Crippen LogP contribution in [0, 0.1) is 0 Å². The first-order valence-electron chi connectivity index (χ1n) is 6.94. The highest BCUT2D eigenvalue weighted by atomic mass is 17.0. The highest BCUT2D eigenvalue weighted by Gasteiger charge is 2.38. The van der Waals surface area contributed by atoms with Crippen molar-refractivity contribution in [3.05, 3.63) is 35.4 Å². The number of aliphatic hydroxyl groups excluding tert-OH is 1. The second-order valence-electron chi connectivity index (χ2n) is 5.20. The Balaban J connectivity index is 1.40. The molecule has 1 atom stereocenters. The second kappa shape index (κ2) is 4.67. The third kappa shape index (κ3) is 1.82. The van der Waals surface area contributed by atoms with Crippen molar-refractivity contribution in [3.8, 4) is 0 Å². The molecule has 1 aromatic carbocycles. The Morgan fingerprint density at radius 3 is 2.45 bits per heavy atom. The number of fused-ring (bicyclic) bond motifs is 1. The van der Waals surface area contributed by atoms with Gasteiger partial charge >= 0.3 is 0 Å². The van der Waals surface area contributed by atoms with Crippen molar-refractivity contribution in [2.75, 3.05) is 24.9 Å². The third-order valence-electron chi connectivity index (χ3n) is 3.98. The Morgan fingerprint density at radius 1 is 1.23 bits per heavy atom. The lowest BCUT2D eigenvalue weighted by atomic mass is 10.1. The molecular weight excluding hydrogens is 292 g/mol. The van der Waals surface area contributed by atoms with Crippen molar-refractivity contribution in [1.29, 1.82) is 0 Å². The molecule has 1 fully saturated rings. The van der Waals surface area contributed by atoms with Crippen LogP contribution < -0.4 is 9.85 Å². The van der Waals surface area contributed by atoms with Gasteiger partial charge in [-0.25, -0.2) is 4.90 Å². The van der Waals surface area contributed by atoms with Gasteiger partial charge in [-0.3, -0.25) is 14.6 Å². The fraction of sp³-hybridized carbons (Fsp3) is 0.385. The van der Waals surface area contributed by atoms with E-state index in [1.807, 2.05) is 0 Å². The number of aromatic nitrogens is 2. The molecule has 2 amide bonds. The number of hydrogen-bond donors (Lipinski definition) is 1. The molecule has 1 aromatic heterocycles. The van der Waals surface area contributed by atoms with E-state index in [2.05, 4.69) is 0 Å². The molecule has 9 heteroatoms. The summed E-state index contributed by atoms with van der Waals surface area (Å²) < 4.78 is 5.07. The van der Waals surface area contributed by atoms with Crippen LogP contribution in [0.1, 0.15) is 27.1 Å². The van der Waals surface area contributed by atoms with Gasteiger partial charge < -0.3 is 9.94 Å². The van der Waals surface area contributed by atoms with Crippen LogP contribution in [0.3, 0.4) is 0 Å². The lowest BCUT2D eigenvalue weighted by molar-refractivity contribution is -0.00633. The lowest BCUT2D eigenvalue weighted by Gasteiger charge is -2.35. The molecule has 3 heterocycles. The van der Waals surface area contributed by atoms with Gasteiger partial charge in [0.05, 0.1) is 28.7 Å². The van der Waals surface area contributed by atoms with Gasteiger partial charge in [-0.15, -0.1) is 0 Å². The number of carbonyl (C=O) groups excluding carboxylic acids is 2. The van der Waals surface area contributed by atoms with E-state index in [0.29, 0.717) is 11.1 Å². The number of carbonyl (C=O) groups is 2. The maximum atomic E-state index is 12.1. The van der Waals surface area contributed by atoms with E-state index in [4.69, 9.17) is 14.6 Å². The third-order valence-corrected chi connectivity index (χ3v) is 3.98. The van der Waals surface area contributed by atoms with E-state index < -0.39 is 0 Å². The molecular formula is C13H14N4O5. The minimum atomic E-state index is -0.383. The molecule has 9 nitrogen and oxygen atoms in total. The second-order valence-corrected chi connectivity index (χ2v) is 5.20. The number of amides is 2. The van der Waals surface area contributed by atoms with E-state index in [0.717, 1.165) is 22.9 Å². The minimum Gasteiger partial charge on any atom is -0.394 e. The minimum absolute atomic E-state index is 0.00732. The molecule has 2 aliphatic rings. The van der Waals surface area contributed by atoms with Crippen molar-refractivity contribution < 1.29 is 24.2 Å². The Labute approximate surface area is 124 Å². The first-order chi connectivity index (χ1) is 10.7. The van der Waals surface area contributed by atoms with E-state index in [9.17, 15) is 9.59 Å². The van der Waals surface area contributed by atoms with Crippen LogP contribution in [-0.2, 0) is 0 Å². The predicted molar refractivity (Wildman–Crippen MR) is 71.7 cm³/mol. The van der Waals surface area contributed by atoms with E-state index in [1.54, 1.807) is 29.3 Å². The summed E-state index contributed by atoms with van der Waals surface area (Å²) in [4.78, 5) is 31.9. The molecule has 22 heavy (non-hydrogen) atoms. The monoisotopic (exact) mass is 306 g/mol. The smallest absolute Gasteiger partial charge is 0.264 e. The van der Waals surface area contributed by atoms with Gasteiger partial charge in [0.25, 0.3) is 11.8 Å². The summed E-state index contributed by atoms with van der Waals surface area (Å²) in [5, 5.41) is 12.0. The maximum Gasteiger partial charge on any atom is 0.264 e. The standard InChI is InChI=1S/C13H14N4O5/c18-7-9-5-6-15(9)16-17(22-16)21-8-14-12(19)10-3-1-2-4-11(10)13(14)20/h1-4,9,18H,5-8H2. The van der Waals surface area contributed by atoms with Crippen LogP contribution in [0.15, 0.2) is 28.9 Å². The van der Waals surface area contributed by atoms with E-state index in [-0.39, 0.29) is 31.2 Å². The summed E-state index contributed by atoms with van der Waals surface area (Å²) in [6.07, 6.45) is 0.878. The van der Waals surface area contributed by atoms with Gasteiger partial charge in [-0.1, -0.05) is 12.1 Å². The first-order valence-corrected chi connectivity index (χ1v) is 6.94. The van der Waals surface area contributed by atoms with Gasteiger partial charge in [0.1, 0.15) is 5.02 Å². The number of rotatable bonds is 5. The molecule has 0 spiro atoms. The number of aliphatic hydroxyl groups is 1. The van der Waals surface area contributed by atoms with Crippen LogP contribution in [-0.4, -0.2) is 57.7 Å². The Bertz CT molecular complexity index is 692. The molecule has 0 radical (unpaired) electrons. The average molecular weight is 306 g/mol. The number of imide groups is 1. The molecule has 2 aliphatic heterocycles. The van der Waals surface area contributed by atoms with Crippen molar-refractivity contribution in [2.24, 2.45) is 0 Å². The van der Waals surface area contributed by atoms with E-state index in [1.165, 1.54) is 4.96 Å². The zero-order valence-electron chi connectivity index (χ0n) is 11.6. The summed E-state index contributed by atoms with van der Waals surface area (Å²) in [7, 11) is 0. The lowest BCUT2D eigenvalue weighted by Crippen LogP contribution is -2.55. The van der Waals surface area contributed by atoms with Gasteiger partial charge in [0.15, 0.2) is 0 Å². The topological polar surface area (TPSA) is 93.1 Å². The van der Waals surface area contributed by atoms with Crippen molar-refractivity contribution >= 4 is 11.8 Å². The Kier molecular flexibility index (Phi) is 2.76. The number of hydrogen-bond acceptors (Lipinski definition) is 6. The van der Waals surface area contributed by atoms with Crippen molar-refractivity contribution in [1.82, 2.24) is 14.9 Å². The SMILES string of the molecule is O=C1c2ccccc2C(=O)N1COn1on1N1CCC1CO. The molecule has 1 saturated heterocycles. The molecule has 4 rings (SSSR count). The molecule has 2 aromatic rings. The van der Waals surface area contributed by atoms with Gasteiger partial charge in [-0.2, -0.15) is 4.63 Å². The summed E-state index contributed by atoms with van der Waals surface area (Å²) in [5.41, 5.74) is 0.755. The molecule has 0 aliphatic carbocycles. The maximum absolute atomic E-state index is 12.1. The van der Waals surface area contributed by atoms with Crippen LogP contribution in [0.4, 0.5) is 0 Å². The van der Waals surface area contributed by atoms with Crippen LogP contribution in [0.25, 0.3) is 0 Å². The van der Waals surface area contributed by atoms with Gasteiger partial charge in [0.2, 0.25) is 6.73 Å². The van der Waals surface area contributed by atoms with Gasteiger partial charge in [-0.05, 0) is 18.6 Å². The molecule has 116 valence electrons. The van der Waals surface area contributed by atoms with Crippen LogP contribution >= 0.6 is 0 Å². The fourth-order valence-corrected chi connectivity index (χ4v) is 2.56. The zero-order chi connectivity index (χ0) is 15.3. The molecule has 0 saturated carbocycles. The van der Waals surface area contributed by atoms with E-state index >= 15 is 0 Å². The normalized spacial score (nSPS) is 20.5. The largest absolute Gasteiger partial charge is 0.394 e. The quantitative estimate of drug-likeness (QED) is 0.732. The Hall–Kier alpha value is -2.68.